The van der Waals surface area contributed by atoms with Gasteiger partial charge in [-0.1, -0.05) is 6.92 Å². The lowest BCUT2D eigenvalue weighted by molar-refractivity contribution is -0.129. The predicted octanol–water partition coefficient (Wildman–Crippen LogP) is 1.50. The lowest BCUT2D eigenvalue weighted by Crippen LogP contribution is -2.47. The Kier molecular flexibility index (Phi) is 9.74. The molecule has 0 aliphatic carbocycles. The highest BCUT2D eigenvalue weighted by atomic mass is 16.5. The van der Waals surface area contributed by atoms with E-state index < -0.39 is 5.91 Å². The van der Waals surface area contributed by atoms with E-state index in [2.05, 4.69) is 25.4 Å². The lowest BCUT2D eigenvalue weighted by atomic mass is 10.1. The van der Waals surface area contributed by atoms with Crippen molar-refractivity contribution in [2.75, 3.05) is 68.6 Å². The maximum atomic E-state index is 12.3. The summed E-state index contributed by atoms with van der Waals surface area (Å²) >= 11 is 0. The molecule has 212 valence electrons. The fourth-order valence-corrected chi connectivity index (χ4v) is 4.81. The topological polar surface area (TPSA) is 167 Å². The molecular weight excluding hydrogens is 504 g/mol. The van der Waals surface area contributed by atoms with Crippen LogP contribution < -0.4 is 31.5 Å². The molecule has 0 unspecified atom stereocenters. The molecule has 3 heterocycles. The summed E-state index contributed by atoms with van der Waals surface area (Å²) in [5.74, 6) is 0.546. The van der Waals surface area contributed by atoms with E-state index in [-0.39, 0.29) is 29.9 Å². The Balaban J connectivity index is 1.50. The molecule has 2 amide bonds. The number of amides is 2. The number of anilines is 4. The Morgan fingerprint density at radius 3 is 2.54 bits per heavy atom. The van der Waals surface area contributed by atoms with E-state index in [0.717, 1.165) is 44.7 Å². The number of benzene rings is 1. The van der Waals surface area contributed by atoms with Crippen molar-refractivity contribution in [3.63, 3.8) is 0 Å². The highest BCUT2D eigenvalue weighted by Crippen LogP contribution is 2.33. The molecular formula is C26H38N8O5. The molecule has 13 nitrogen and oxygen atoms in total. The molecule has 0 atom stereocenters. The fourth-order valence-electron chi connectivity index (χ4n) is 4.81. The second-order valence-electron chi connectivity index (χ2n) is 9.59. The number of primary amides is 1. The molecule has 2 aliphatic heterocycles. The Morgan fingerprint density at radius 2 is 1.90 bits per heavy atom. The lowest BCUT2D eigenvalue weighted by Gasteiger charge is -2.36. The standard InChI is InChI=1S/C26H38N8O5/c1-3-19-25(28-17-7-14-39-15-8-17)31-26(23(30-19)24(27)36)29-18-4-5-20(21(16-18)38-2)34-12-10-33(11-13-34)9-6-22(35)32-37/h4-5,16-17,37H,3,6-15H2,1-2H3,(H2,27,36)(H,32,35)(H2,28,29,31). The molecule has 13 heteroatoms. The summed E-state index contributed by atoms with van der Waals surface area (Å²) in [6.07, 6.45) is 2.59. The van der Waals surface area contributed by atoms with Crippen LogP contribution in [0.3, 0.4) is 0 Å². The number of nitrogens with two attached hydrogens (primary N) is 1. The van der Waals surface area contributed by atoms with Crippen LogP contribution in [0.25, 0.3) is 0 Å². The van der Waals surface area contributed by atoms with Gasteiger partial charge in [0.25, 0.3) is 5.91 Å². The smallest absolute Gasteiger partial charge is 0.271 e. The molecule has 0 saturated carbocycles. The van der Waals surface area contributed by atoms with Gasteiger partial charge in [0.05, 0.1) is 18.5 Å². The quantitative estimate of drug-likeness (QED) is 0.206. The Bertz CT molecular complexity index is 1150. The number of hydrogen-bond acceptors (Lipinski definition) is 11. The van der Waals surface area contributed by atoms with Crippen LogP contribution >= 0.6 is 0 Å². The minimum Gasteiger partial charge on any atom is -0.495 e. The largest absolute Gasteiger partial charge is 0.495 e. The predicted molar refractivity (Wildman–Crippen MR) is 147 cm³/mol. The van der Waals surface area contributed by atoms with Crippen molar-refractivity contribution in [2.45, 2.75) is 38.6 Å². The van der Waals surface area contributed by atoms with Crippen molar-refractivity contribution in [2.24, 2.45) is 5.73 Å². The number of carbonyl (C=O) groups is 2. The van der Waals surface area contributed by atoms with Gasteiger partial charge < -0.3 is 30.7 Å². The van der Waals surface area contributed by atoms with E-state index in [4.69, 9.17) is 25.4 Å². The van der Waals surface area contributed by atoms with Crippen molar-refractivity contribution < 1.29 is 24.3 Å². The van der Waals surface area contributed by atoms with Gasteiger partial charge in [-0.05, 0) is 31.4 Å². The Morgan fingerprint density at radius 1 is 1.15 bits per heavy atom. The van der Waals surface area contributed by atoms with Crippen molar-refractivity contribution in [3.8, 4) is 5.75 Å². The van der Waals surface area contributed by atoms with Crippen LogP contribution in [-0.4, -0.2) is 91.0 Å². The first-order valence-electron chi connectivity index (χ1n) is 13.3. The normalized spacial score (nSPS) is 16.5. The number of aryl methyl sites for hydroxylation is 1. The maximum absolute atomic E-state index is 12.3. The molecule has 39 heavy (non-hydrogen) atoms. The van der Waals surface area contributed by atoms with Gasteiger partial charge in [-0.15, -0.1) is 0 Å². The van der Waals surface area contributed by atoms with Gasteiger partial charge in [0, 0.05) is 70.2 Å². The Hall–Kier alpha value is -3.68. The summed E-state index contributed by atoms with van der Waals surface area (Å²) in [5.41, 5.74) is 9.74. The minimum atomic E-state index is -0.657. The van der Waals surface area contributed by atoms with Gasteiger partial charge in [0.2, 0.25) is 5.91 Å². The first-order valence-corrected chi connectivity index (χ1v) is 13.3. The SMILES string of the molecule is CCc1nc(C(N)=O)c(Nc2ccc(N3CCN(CCC(=O)NO)CC3)c(OC)c2)nc1NC1CCOCC1. The van der Waals surface area contributed by atoms with Crippen LogP contribution in [0.5, 0.6) is 5.75 Å². The van der Waals surface area contributed by atoms with E-state index in [9.17, 15) is 9.59 Å². The molecule has 4 rings (SSSR count). The van der Waals surface area contributed by atoms with Gasteiger partial charge in [0.1, 0.15) is 5.75 Å². The number of carbonyl (C=O) groups excluding carboxylic acids is 2. The highest BCUT2D eigenvalue weighted by molar-refractivity contribution is 5.96. The monoisotopic (exact) mass is 542 g/mol. The number of rotatable bonds is 11. The summed E-state index contributed by atoms with van der Waals surface area (Å²) in [6.45, 7) is 7.04. The minimum absolute atomic E-state index is 0.0819. The van der Waals surface area contributed by atoms with Crippen LogP contribution in [-0.2, 0) is 16.0 Å². The third-order valence-electron chi connectivity index (χ3n) is 7.03. The number of aromatic nitrogens is 2. The van der Waals surface area contributed by atoms with E-state index in [1.807, 2.05) is 25.1 Å². The van der Waals surface area contributed by atoms with E-state index in [0.29, 0.717) is 49.1 Å². The van der Waals surface area contributed by atoms with E-state index >= 15 is 0 Å². The molecule has 1 aromatic carbocycles. The first-order chi connectivity index (χ1) is 18.9. The molecule has 2 fully saturated rings. The summed E-state index contributed by atoms with van der Waals surface area (Å²) < 4.78 is 11.2. The third kappa shape index (κ3) is 7.25. The van der Waals surface area contributed by atoms with Crippen molar-refractivity contribution in [1.82, 2.24) is 20.3 Å². The van der Waals surface area contributed by atoms with Crippen LogP contribution in [0.2, 0.25) is 0 Å². The van der Waals surface area contributed by atoms with Gasteiger partial charge in [-0.2, -0.15) is 0 Å². The average Bonchev–Trinajstić information content (AvgIpc) is 2.96. The van der Waals surface area contributed by atoms with Crippen LogP contribution in [0.1, 0.15) is 42.4 Å². The van der Waals surface area contributed by atoms with Gasteiger partial charge in [-0.3, -0.25) is 19.7 Å². The second-order valence-corrected chi connectivity index (χ2v) is 9.59. The number of hydroxylamine groups is 1. The van der Waals surface area contributed by atoms with E-state index in [1.54, 1.807) is 12.6 Å². The van der Waals surface area contributed by atoms with E-state index in [1.165, 1.54) is 0 Å². The molecule has 1 aromatic heterocycles. The zero-order valence-electron chi connectivity index (χ0n) is 22.5. The molecule has 2 aromatic rings. The number of methoxy groups -OCH3 is 1. The molecule has 6 N–H and O–H groups in total. The summed E-state index contributed by atoms with van der Waals surface area (Å²) in [4.78, 5) is 37.3. The molecule has 0 radical (unpaired) electrons. The molecule has 2 aliphatic rings. The summed E-state index contributed by atoms with van der Waals surface area (Å²) in [7, 11) is 1.62. The van der Waals surface area contributed by atoms with Crippen LogP contribution in [0.4, 0.5) is 23.0 Å². The number of piperazine rings is 1. The summed E-state index contributed by atoms with van der Waals surface area (Å²) in [6, 6.07) is 5.95. The highest BCUT2D eigenvalue weighted by Gasteiger charge is 2.23. The van der Waals surface area contributed by atoms with Crippen LogP contribution in [0, 0.1) is 0 Å². The van der Waals surface area contributed by atoms with Crippen molar-refractivity contribution in [1.29, 1.82) is 0 Å². The fraction of sp³-hybridized carbons (Fsp3) is 0.538. The van der Waals surface area contributed by atoms with Gasteiger partial charge in [0.15, 0.2) is 17.3 Å². The molecule has 2 saturated heterocycles. The maximum Gasteiger partial charge on any atom is 0.271 e. The number of hydrogen-bond donors (Lipinski definition) is 5. The Labute approximate surface area is 228 Å². The zero-order chi connectivity index (χ0) is 27.8. The molecule has 0 spiro atoms. The average molecular weight is 543 g/mol. The van der Waals surface area contributed by atoms with Gasteiger partial charge in [-0.25, -0.2) is 15.4 Å². The zero-order valence-corrected chi connectivity index (χ0v) is 22.5. The second kappa shape index (κ2) is 13.4. The number of nitrogens with zero attached hydrogens (tertiary/aromatic N) is 4. The van der Waals surface area contributed by atoms with Crippen molar-refractivity contribution >= 4 is 34.8 Å². The number of ether oxygens (including phenoxy) is 2. The first kappa shape index (κ1) is 28.3. The summed E-state index contributed by atoms with van der Waals surface area (Å²) in [5, 5.41) is 15.4. The third-order valence-corrected chi connectivity index (χ3v) is 7.03. The number of nitrogens with one attached hydrogen (secondary N) is 3. The molecule has 0 bridgehead atoms. The van der Waals surface area contributed by atoms with Crippen molar-refractivity contribution in [3.05, 3.63) is 29.6 Å². The van der Waals surface area contributed by atoms with Gasteiger partial charge >= 0.3 is 0 Å². The van der Waals surface area contributed by atoms with Crippen LogP contribution in [0.15, 0.2) is 18.2 Å².